The largest absolute Gasteiger partial charge is 0.471 e. The normalized spacial score (nSPS) is 16.9. The molecular formula is C7H6F3NO. The van der Waals surface area contributed by atoms with Crippen molar-refractivity contribution in [1.82, 2.24) is 5.32 Å². The van der Waals surface area contributed by atoms with Crippen LogP contribution in [-0.2, 0) is 4.79 Å². The van der Waals surface area contributed by atoms with Crippen molar-refractivity contribution in [2.45, 2.75) is 12.2 Å². The summed E-state index contributed by atoms with van der Waals surface area (Å²) in [4.78, 5) is 10.3. The maximum Gasteiger partial charge on any atom is 0.471 e. The molecule has 1 aliphatic carbocycles. The van der Waals surface area contributed by atoms with E-state index >= 15 is 0 Å². The van der Waals surface area contributed by atoms with E-state index in [9.17, 15) is 18.0 Å². The Balaban J connectivity index is 2.47. The van der Waals surface area contributed by atoms with Gasteiger partial charge in [0.05, 0.1) is 6.04 Å². The Bertz CT molecular complexity index is 230. The maximum absolute atomic E-state index is 11.6. The van der Waals surface area contributed by atoms with Crippen molar-refractivity contribution < 1.29 is 18.0 Å². The summed E-state index contributed by atoms with van der Waals surface area (Å²) in [5.41, 5.74) is 0. The molecule has 0 aromatic rings. The summed E-state index contributed by atoms with van der Waals surface area (Å²) < 4.78 is 34.9. The highest BCUT2D eigenvalue weighted by Gasteiger charge is 2.39. The van der Waals surface area contributed by atoms with Gasteiger partial charge in [-0.15, -0.1) is 0 Å². The standard InChI is InChI=1S/C7H6F3NO/c8-7(9,10)6(12)11-5-3-1-2-4-5/h1-5H,(H,11,12). The van der Waals surface area contributed by atoms with Gasteiger partial charge in [0.15, 0.2) is 0 Å². The summed E-state index contributed by atoms with van der Waals surface area (Å²) in [6.07, 6.45) is 1.26. The summed E-state index contributed by atoms with van der Waals surface area (Å²) >= 11 is 0. The Labute approximate surface area is 66.8 Å². The van der Waals surface area contributed by atoms with Gasteiger partial charge in [0.25, 0.3) is 0 Å². The summed E-state index contributed by atoms with van der Waals surface area (Å²) in [5, 5.41) is 1.78. The second-order valence-corrected chi connectivity index (χ2v) is 2.27. The topological polar surface area (TPSA) is 29.1 Å². The molecule has 66 valence electrons. The Hall–Kier alpha value is -1.26. The molecule has 5 heteroatoms. The second kappa shape index (κ2) is 3.00. The first kappa shape index (κ1) is 8.83. The van der Waals surface area contributed by atoms with E-state index in [1.165, 1.54) is 12.2 Å². The highest BCUT2D eigenvalue weighted by molar-refractivity contribution is 5.82. The Kier molecular flexibility index (Phi) is 2.21. The number of carbonyl (C=O) groups is 1. The molecular weight excluding hydrogens is 171 g/mol. The Morgan fingerprint density at radius 2 is 1.75 bits per heavy atom. The van der Waals surface area contributed by atoms with E-state index in [2.05, 4.69) is 0 Å². The molecule has 0 heterocycles. The molecule has 1 N–H and O–H groups in total. The number of allylic oxidation sites excluding steroid dienone is 2. The van der Waals surface area contributed by atoms with Crippen LogP contribution in [0.2, 0.25) is 0 Å². The first-order chi connectivity index (χ1) is 5.50. The van der Waals surface area contributed by atoms with Crippen molar-refractivity contribution in [1.29, 1.82) is 0 Å². The Morgan fingerprint density at radius 3 is 2.17 bits per heavy atom. The van der Waals surface area contributed by atoms with Gasteiger partial charge in [-0.2, -0.15) is 13.2 Å². The number of amides is 1. The third-order valence-electron chi connectivity index (χ3n) is 1.30. The van der Waals surface area contributed by atoms with E-state index in [1.54, 1.807) is 17.5 Å². The molecule has 2 nitrogen and oxygen atoms in total. The van der Waals surface area contributed by atoms with E-state index < -0.39 is 18.1 Å². The highest BCUT2D eigenvalue weighted by atomic mass is 19.4. The summed E-state index contributed by atoms with van der Waals surface area (Å²) in [7, 11) is 0. The van der Waals surface area contributed by atoms with Crippen molar-refractivity contribution in [2.24, 2.45) is 0 Å². The quantitative estimate of drug-likeness (QED) is 0.639. The molecule has 0 saturated heterocycles. The molecule has 0 unspecified atom stereocenters. The van der Waals surface area contributed by atoms with Gasteiger partial charge in [-0.05, 0) is 0 Å². The van der Waals surface area contributed by atoms with E-state index in [0.29, 0.717) is 0 Å². The predicted octanol–water partition coefficient (Wildman–Crippen LogP) is 1.16. The SMILES string of the molecule is O=C(NC1C=CC=C1)C(F)(F)F. The fraction of sp³-hybridized carbons (Fsp3) is 0.286. The maximum atomic E-state index is 11.6. The lowest BCUT2D eigenvalue weighted by Gasteiger charge is -2.10. The van der Waals surface area contributed by atoms with E-state index in [-0.39, 0.29) is 0 Å². The molecule has 0 saturated carbocycles. The van der Waals surface area contributed by atoms with Crippen LogP contribution in [0.1, 0.15) is 0 Å². The van der Waals surface area contributed by atoms with Crippen molar-refractivity contribution in [3.63, 3.8) is 0 Å². The lowest BCUT2D eigenvalue weighted by Crippen LogP contribution is -2.41. The minimum Gasteiger partial charge on any atom is -0.339 e. The van der Waals surface area contributed by atoms with Gasteiger partial charge in [-0.1, -0.05) is 24.3 Å². The first-order valence-corrected chi connectivity index (χ1v) is 3.23. The zero-order chi connectivity index (χ0) is 9.19. The van der Waals surface area contributed by atoms with Crippen molar-refractivity contribution >= 4 is 5.91 Å². The monoisotopic (exact) mass is 177 g/mol. The second-order valence-electron chi connectivity index (χ2n) is 2.27. The van der Waals surface area contributed by atoms with Gasteiger partial charge in [0, 0.05) is 0 Å². The summed E-state index contributed by atoms with van der Waals surface area (Å²) in [5.74, 6) is -1.91. The Morgan fingerprint density at radius 1 is 1.25 bits per heavy atom. The fourth-order valence-corrected chi connectivity index (χ4v) is 0.761. The van der Waals surface area contributed by atoms with Crippen LogP contribution >= 0.6 is 0 Å². The van der Waals surface area contributed by atoms with Crippen molar-refractivity contribution in [3.8, 4) is 0 Å². The molecule has 0 fully saturated rings. The van der Waals surface area contributed by atoms with E-state index in [1.807, 2.05) is 0 Å². The minimum absolute atomic E-state index is 0.626. The number of nitrogens with one attached hydrogen (secondary N) is 1. The molecule has 0 bridgehead atoms. The van der Waals surface area contributed by atoms with Crippen molar-refractivity contribution in [3.05, 3.63) is 24.3 Å². The number of alkyl halides is 3. The number of halogens is 3. The fourth-order valence-electron chi connectivity index (χ4n) is 0.761. The van der Waals surface area contributed by atoms with Gasteiger partial charge < -0.3 is 5.32 Å². The number of hydrogen-bond acceptors (Lipinski definition) is 1. The van der Waals surface area contributed by atoms with Crippen molar-refractivity contribution in [2.75, 3.05) is 0 Å². The zero-order valence-corrected chi connectivity index (χ0v) is 5.93. The molecule has 0 radical (unpaired) electrons. The lowest BCUT2D eigenvalue weighted by molar-refractivity contribution is -0.173. The van der Waals surface area contributed by atoms with Crippen LogP contribution in [0.25, 0.3) is 0 Å². The van der Waals surface area contributed by atoms with Crippen LogP contribution in [-0.4, -0.2) is 18.1 Å². The molecule has 12 heavy (non-hydrogen) atoms. The number of rotatable bonds is 1. The molecule has 0 aromatic heterocycles. The summed E-state index contributed by atoms with van der Waals surface area (Å²) in [6, 6.07) is -0.626. The molecule has 0 aromatic carbocycles. The molecule has 0 aliphatic heterocycles. The third kappa shape index (κ3) is 2.11. The molecule has 1 rings (SSSR count). The van der Waals surface area contributed by atoms with Crippen LogP contribution in [0.4, 0.5) is 13.2 Å². The molecule has 1 amide bonds. The van der Waals surface area contributed by atoms with E-state index in [4.69, 9.17) is 0 Å². The molecule has 0 atom stereocenters. The highest BCUT2D eigenvalue weighted by Crippen LogP contribution is 2.15. The first-order valence-electron chi connectivity index (χ1n) is 3.23. The smallest absolute Gasteiger partial charge is 0.339 e. The average Bonchev–Trinajstić information content (AvgIpc) is 2.37. The zero-order valence-electron chi connectivity index (χ0n) is 5.93. The predicted molar refractivity (Wildman–Crippen MR) is 36.3 cm³/mol. The van der Waals surface area contributed by atoms with Crippen LogP contribution in [0.5, 0.6) is 0 Å². The van der Waals surface area contributed by atoms with Crippen LogP contribution < -0.4 is 5.32 Å². The van der Waals surface area contributed by atoms with Gasteiger partial charge in [0.1, 0.15) is 0 Å². The van der Waals surface area contributed by atoms with Crippen LogP contribution in [0.15, 0.2) is 24.3 Å². The van der Waals surface area contributed by atoms with Crippen LogP contribution in [0.3, 0.4) is 0 Å². The van der Waals surface area contributed by atoms with E-state index in [0.717, 1.165) is 0 Å². The number of hydrogen-bond donors (Lipinski definition) is 1. The van der Waals surface area contributed by atoms with Gasteiger partial charge in [0.2, 0.25) is 0 Å². The third-order valence-corrected chi connectivity index (χ3v) is 1.30. The summed E-state index contributed by atoms with van der Waals surface area (Å²) in [6.45, 7) is 0. The van der Waals surface area contributed by atoms with Gasteiger partial charge in [-0.25, -0.2) is 0 Å². The van der Waals surface area contributed by atoms with Gasteiger partial charge >= 0.3 is 12.1 Å². The minimum atomic E-state index is -4.80. The average molecular weight is 177 g/mol. The molecule has 0 spiro atoms. The van der Waals surface area contributed by atoms with Crippen LogP contribution in [0, 0.1) is 0 Å². The van der Waals surface area contributed by atoms with Gasteiger partial charge in [-0.3, -0.25) is 4.79 Å². The number of carbonyl (C=O) groups excluding carboxylic acids is 1. The molecule has 1 aliphatic rings. The lowest BCUT2D eigenvalue weighted by atomic mass is 10.3.